The molecule has 128 valence electrons. The highest BCUT2D eigenvalue weighted by atomic mass is 16.5. The van der Waals surface area contributed by atoms with Gasteiger partial charge in [-0.2, -0.15) is 0 Å². The fourth-order valence-corrected chi connectivity index (χ4v) is 2.25. The first-order valence-electron chi connectivity index (χ1n) is 7.90. The van der Waals surface area contributed by atoms with E-state index in [-0.39, 0.29) is 12.0 Å². The van der Waals surface area contributed by atoms with Gasteiger partial charge >= 0.3 is 0 Å². The average Bonchev–Trinajstić information content (AvgIpc) is 2.60. The summed E-state index contributed by atoms with van der Waals surface area (Å²) in [6, 6.07) is 14.3. The second-order valence-electron chi connectivity index (χ2n) is 5.71. The van der Waals surface area contributed by atoms with Gasteiger partial charge in [0.15, 0.2) is 11.5 Å². The predicted octanol–water partition coefficient (Wildman–Crippen LogP) is 2.59. The van der Waals surface area contributed by atoms with Crippen molar-refractivity contribution < 1.29 is 14.3 Å². The quantitative estimate of drug-likeness (QED) is 0.819. The summed E-state index contributed by atoms with van der Waals surface area (Å²) in [7, 11) is 1.59. The van der Waals surface area contributed by atoms with E-state index in [0.29, 0.717) is 18.0 Å². The van der Waals surface area contributed by atoms with E-state index in [1.165, 1.54) is 0 Å². The third kappa shape index (κ3) is 4.73. The van der Waals surface area contributed by atoms with Gasteiger partial charge < -0.3 is 20.5 Å². The molecule has 1 amide bonds. The Bertz CT molecular complexity index is 671. The van der Waals surface area contributed by atoms with Crippen molar-refractivity contribution in [3.63, 3.8) is 0 Å². The molecule has 5 heteroatoms. The number of benzene rings is 2. The zero-order chi connectivity index (χ0) is 17.5. The van der Waals surface area contributed by atoms with Gasteiger partial charge in [-0.25, -0.2) is 0 Å². The molecule has 2 unspecified atom stereocenters. The van der Waals surface area contributed by atoms with E-state index in [2.05, 4.69) is 5.32 Å². The van der Waals surface area contributed by atoms with E-state index in [4.69, 9.17) is 15.2 Å². The number of carbonyl (C=O) groups is 1. The van der Waals surface area contributed by atoms with E-state index < -0.39 is 6.04 Å². The Kier molecular flexibility index (Phi) is 6.21. The van der Waals surface area contributed by atoms with Gasteiger partial charge in [0.25, 0.3) is 0 Å². The number of nitrogens with one attached hydrogen (secondary N) is 1. The first-order valence-corrected chi connectivity index (χ1v) is 7.90. The van der Waals surface area contributed by atoms with Crippen LogP contribution in [0.15, 0.2) is 48.5 Å². The van der Waals surface area contributed by atoms with E-state index in [1.54, 1.807) is 7.11 Å². The highest BCUT2D eigenvalue weighted by molar-refractivity contribution is 5.82. The molecule has 0 spiro atoms. The van der Waals surface area contributed by atoms with Gasteiger partial charge in [-0.05, 0) is 31.5 Å². The molecule has 24 heavy (non-hydrogen) atoms. The smallest absolute Gasteiger partial charge is 0.241 e. The van der Waals surface area contributed by atoms with Crippen molar-refractivity contribution in [2.45, 2.75) is 26.0 Å². The maximum absolute atomic E-state index is 12.2. The number of amides is 1. The average molecular weight is 328 g/mol. The second-order valence-corrected chi connectivity index (χ2v) is 5.71. The van der Waals surface area contributed by atoms with Crippen LogP contribution in [0.2, 0.25) is 0 Å². The number of methoxy groups -OCH3 is 1. The maximum atomic E-state index is 12.2. The SMILES string of the molecule is COc1ccccc1OC(C)CNC(=O)C(N)c1ccc(C)cc1. The number of nitrogens with two attached hydrogens (primary N) is 1. The van der Waals surface area contributed by atoms with E-state index in [0.717, 1.165) is 11.1 Å². The van der Waals surface area contributed by atoms with Crippen LogP contribution in [-0.2, 0) is 4.79 Å². The fraction of sp³-hybridized carbons (Fsp3) is 0.316. The Morgan fingerprint density at radius 2 is 1.75 bits per heavy atom. The second kappa shape index (κ2) is 8.36. The van der Waals surface area contributed by atoms with Crippen molar-refractivity contribution in [1.29, 1.82) is 0 Å². The maximum Gasteiger partial charge on any atom is 0.241 e. The lowest BCUT2D eigenvalue weighted by Crippen LogP contribution is -2.39. The van der Waals surface area contributed by atoms with Crippen LogP contribution in [0.1, 0.15) is 24.1 Å². The van der Waals surface area contributed by atoms with Crippen molar-refractivity contribution in [3.05, 3.63) is 59.7 Å². The fourth-order valence-electron chi connectivity index (χ4n) is 2.25. The van der Waals surface area contributed by atoms with Gasteiger partial charge in [-0.15, -0.1) is 0 Å². The third-order valence-corrected chi connectivity index (χ3v) is 3.68. The number of para-hydroxylation sites is 2. The number of rotatable bonds is 7. The Balaban J connectivity index is 1.87. The standard InChI is InChI=1S/C19H24N2O3/c1-13-8-10-15(11-9-13)18(20)19(22)21-12-14(2)24-17-7-5-4-6-16(17)23-3/h4-11,14,18H,12,20H2,1-3H3,(H,21,22). The molecule has 2 aromatic rings. The molecule has 2 aromatic carbocycles. The molecular weight excluding hydrogens is 304 g/mol. The molecule has 0 radical (unpaired) electrons. The van der Waals surface area contributed by atoms with Crippen molar-refractivity contribution in [2.24, 2.45) is 5.73 Å². The van der Waals surface area contributed by atoms with E-state index >= 15 is 0 Å². The molecule has 0 aliphatic rings. The molecule has 0 fully saturated rings. The summed E-state index contributed by atoms with van der Waals surface area (Å²) >= 11 is 0. The molecule has 2 rings (SSSR count). The van der Waals surface area contributed by atoms with Gasteiger partial charge in [-0.1, -0.05) is 42.0 Å². The van der Waals surface area contributed by atoms with Gasteiger partial charge in [0.1, 0.15) is 12.1 Å². The summed E-state index contributed by atoms with van der Waals surface area (Å²) in [6.45, 7) is 4.23. The Labute approximate surface area is 142 Å². The minimum Gasteiger partial charge on any atom is -0.493 e. The van der Waals surface area contributed by atoms with Crippen LogP contribution in [0.25, 0.3) is 0 Å². The van der Waals surface area contributed by atoms with Gasteiger partial charge in [0.2, 0.25) is 5.91 Å². The van der Waals surface area contributed by atoms with Crippen LogP contribution >= 0.6 is 0 Å². The number of carbonyl (C=O) groups excluding carboxylic acids is 1. The van der Waals surface area contributed by atoms with Crippen LogP contribution < -0.4 is 20.5 Å². The molecule has 0 aliphatic carbocycles. The Morgan fingerprint density at radius 3 is 2.38 bits per heavy atom. The molecule has 0 bridgehead atoms. The third-order valence-electron chi connectivity index (χ3n) is 3.68. The predicted molar refractivity (Wildman–Crippen MR) is 94.2 cm³/mol. The lowest BCUT2D eigenvalue weighted by molar-refractivity contribution is -0.122. The van der Waals surface area contributed by atoms with Gasteiger partial charge in [0, 0.05) is 0 Å². The lowest BCUT2D eigenvalue weighted by Gasteiger charge is -2.19. The topological polar surface area (TPSA) is 73.6 Å². The van der Waals surface area contributed by atoms with Crippen LogP contribution in [0.5, 0.6) is 11.5 Å². The molecular formula is C19H24N2O3. The number of hydrogen-bond donors (Lipinski definition) is 2. The lowest BCUT2D eigenvalue weighted by atomic mass is 10.1. The minimum atomic E-state index is -0.691. The Hall–Kier alpha value is -2.53. The summed E-state index contributed by atoms with van der Waals surface area (Å²) in [6.07, 6.45) is -0.213. The van der Waals surface area contributed by atoms with Crippen molar-refractivity contribution in [2.75, 3.05) is 13.7 Å². The Morgan fingerprint density at radius 1 is 1.12 bits per heavy atom. The summed E-state index contributed by atoms with van der Waals surface area (Å²) in [5.41, 5.74) is 7.92. The highest BCUT2D eigenvalue weighted by Gasteiger charge is 2.17. The monoisotopic (exact) mass is 328 g/mol. The van der Waals surface area contributed by atoms with Crippen LogP contribution in [0.4, 0.5) is 0 Å². The molecule has 5 nitrogen and oxygen atoms in total. The summed E-state index contributed by atoms with van der Waals surface area (Å²) < 4.78 is 11.1. The molecule has 3 N–H and O–H groups in total. The number of ether oxygens (including phenoxy) is 2. The molecule has 0 saturated heterocycles. The van der Waals surface area contributed by atoms with Crippen molar-refractivity contribution in [3.8, 4) is 11.5 Å². The first-order chi connectivity index (χ1) is 11.5. The largest absolute Gasteiger partial charge is 0.493 e. The zero-order valence-electron chi connectivity index (χ0n) is 14.3. The van der Waals surface area contributed by atoms with Gasteiger partial charge in [-0.3, -0.25) is 4.79 Å². The zero-order valence-corrected chi connectivity index (χ0v) is 14.3. The van der Waals surface area contributed by atoms with Crippen LogP contribution in [0, 0.1) is 6.92 Å². The molecule has 0 heterocycles. The highest BCUT2D eigenvalue weighted by Crippen LogP contribution is 2.26. The van der Waals surface area contributed by atoms with Crippen LogP contribution in [-0.4, -0.2) is 25.7 Å². The van der Waals surface area contributed by atoms with E-state index in [9.17, 15) is 4.79 Å². The van der Waals surface area contributed by atoms with Crippen molar-refractivity contribution >= 4 is 5.91 Å². The minimum absolute atomic E-state index is 0.213. The number of aryl methyl sites for hydroxylation is 1. The normalized spacial score (nSPS) is 13.0. The van der Waals surface area contributed by atoms with Crippen molar-refractivity contribution in [1.82, 2.24) is 5.32 Å². The van der Waals surface area contributed by atoms with E-state index in [1.807, 2.05) is 62.4 Å². The molecule has 0 aromatic heterocycles. The first kappa shape index (κ1) is 17.8. The summed E-state index contributed by atoms with van der Waals surface area (Å²) in [5, 5.41) is 2.82. The molecule has 0 aliphatic heterocycles. The van der Waals surface area contributed by atoms with Gasteiger partial charge in [0.05, 0.1) is 13.7 Å². The molecule has 0 saturated carbocycles. The van der Waals surface area contributed by atoms with Crippen LogP contribution in [0.3, 0.4) is 0 Å². The number of hydrogen-bond acceptors (Lipinski definition) is 4. The summed E-state index contributed by atoms with van der Waals surface area (Å²) in [4.78, 5) is 12.2. The molecule has 2 atom stereocenters. The summed E-state index contributed by atoms with van der Waals surface area (Å²) in [5.74, 6) is 1.07.